The highest BCUT2D eigenvalue weighted by molar-refractivity contribution is 5.95. The molecule has 2 atom stereocenters. The average Bonchev–Trinajstić information content (AvgIpc) is 3.11. The molecule has 1 aromatic heterocycles. The third-order valence-electron chi connectivity index (χ3n) is 9.34. The first-order valence-electron chi connectivity index (χ1n) is 19.0. The molecule has 276 valence electrons. The molecule has 1 aromatic carbocycles. The van der Waals surface area contributed by atoms with Crippen LogP contribution in [0.15, 0.2) is 54.7 Å². The first-order chi connectivity index (χ1) is 24.4. The number of rotatable bonds is 24. The highest BCUT2D eigenvalue weighted by atomic mass is 16.6. The van der Waals surface area contributed by atoms with Crippen molar-refractivity contribution in [3.63, 3.8) is 0 Å². The van der Waals surface area contributed by atoms with Gasteiger partial charge in [0.1, 0.15) is 13.2 Å². The van der Waals surface area contributed by atoms with Crippen LogP contribution >= 0.6 is 0 Å². The monoisotopic (exact) mass is 692 g/mol. The molecule has 2 unspecified atom stereocenters. The summed E-state index contributed by atoms with van der Waals surface area (Å²) in [6.45, 7) is 4.04. The fourth-order valence-corrected chi connectivity index (χ4v) is 6.35. The molecule has 1 saturated heterocycles. The summed E-state index contributed by atoms with van der Waals surface area (Å²) in [5.74, 6) is -0.708. The van der Waals surface area contributed by atoms with Crippen molar-refractivity contribution < 1.29 is 28.7 Å². The molecule has 50 heavy (non-hydrogen) atoms. The van der Waals surface area contributed by atoms with Gasteiger partial charge in [-0.2, -0.15) is 0 Å². The van der Waals surface area contributed by atoms with E-state index in [0.29, 0.717) is 24.2 Å². The van der Waals surface area contributed by atoms with Crippen LogP contribution in [0.5, 0.6) is 0 Å². The number of imide groups is 1. The maximum atomic E-state index is 13.4. The van der Waals surface area contributed by atoms with Crippen molar-refractivity contribution in [2.75, 3.05) is 19.8 Å². The Hall–Kier alpha value is -3.95. The van der Waals surface area contributed by atoms with Crippen LogP contribution < -0.4 is 5.32 Å². The predicted octanol–water partition coefficient (Wildman–Crippen LogP) is 8.84. The summed E-state index contributed by atoms with van der Waals surface area (Å²) in [6.07, 6.45) is 21.5. The van der Waals surface area contributed by atoms with Crippen molar-refractivity contribution in [1.82, 2.24) is 20.1 Å². The summed E-state index contributed by atoms with van der Waals surface area (Å²) >= 11 is 0. The van der Waals surface area contributed by atoms with E-state index in [9.17, 15) is 19.2 Å². The standard InChI is InChI=1S/C40H60N4O6/c1-3-4-5-6-7-8-9-10-11-12-13-14-15-16-17-22-28-42-39(47)49-31-36-29-37(44(36)38(46)34-24-19-18-20-25-34)32-50-40(48)43(33(2)45)30-35-26-21-23-27-41-35/h18-21,23-27,36-37H,3-17,22,28-32H2,1-2H3,(H,42,47). The van der Waals surface area contributed by atoms with E-state index in [2.05, 4.69) is 17.2 Å². The van der Waals surface area contributed by atoms with E-state index in [1.807, 2.05) is 6.07 Å². The number of likely N-dealkylation sites (tertiary alicyclic amines) is 1. The number of benzene rings is 1. The molecule has 0 spiro atoms. The van der Waals surface area contributed by atoms with Crippen molar-refractivity contribution in [1.29, 1.82) is 0 Å². The van der Waals surface area contributed by atoms with Gasteiger partial charge in [0, 0.05) is 25.2 Å². The van der Waals surface area contributed by atoms with Crippen molar-refractivity contribution in [3.05, 3.63) is 66.0 Å². The van der Waals surface area contributed by atoms with Crippen molar-refractivity contribution in [2.24, 2.45) is 0 Å². The zero-order chi connectivity index (χ0) is 35.8. The van der Waals surface area contributed by atoms with Crippen LogP contribution in [0.1, 0.15) is 139 Å². The molecule has 4 amide bonds. The number of nitrogens with zero attached hydrogens (tertiary/aromatic N) is 3. The number of nitrogens with one attached hydrogen (secondary N) is 1. The summed E-state index contributed by atoms with van der Waals surface area (Å²) in [6, 6.07) is 13.3. The molecule has 0 saturated carbocycles. The average molecular weight is 693 g/mol. The Bertz CT molecular complexity index is 1260. The summed E-state index contributed by atoms with van der Waals surface area (Å²) in [5.41, 5.74) is 1.04. The number of hydrogen-bond acceptors (Lipinski definition) is 7. The molecule has 1 aliphatic rings. The van der Waals surface area contributed by atoms with Gasteiger partial charge in [0.15, 0.2) is 0 Å². The fraction of sp³-hybridized carbons (Fsp3) is 0.625. The molecule has 2 aromatic rings. The molecule has 2 heterocycles. The quantitative estimate of drug-likeness (QED) is 0.109. The van der Waals surface area contributed by atoms with Crippen molar-refractivity contribution in [3.8, 4) is 0 Å². The van der Waals surface area contributed by atoms with Crippen LogP contribution in [0.4, 0.5) is 9.59 Å². The van der Waals surface area contributed by atoms with Gasteiger partial charge in [-0.05, 0) is 37.1 Å². The molecular weight excluding hydrogens is 632 g/mol. The van der Waals surface area contributed by atoms with Crippen molar-refractivity contribution >= 4 is 24.0 Å². The SMILES string of the molecule is CCCCCCCCCCCCCCCCCCNC(=O)OCC1CC(COC(=O)N(Cc2ccccn2)C(C)=O)N1C(=O)c1ccccc1. The minimum absolute atomic E-state index is 0.0165. The normalized spacial score (nSPS) is 15.2. The van der Waals surface area contributed by atoms with Gasteiger partial charge in [-0.25, -0.2) is 14.5 Å². The van der Waals surface area contributed by atoms with Gasteiger partial charge in [0.05, 0.1) is 24.3 Å². The van der Waals surface area contributed by atoms with Crippen LogP contribution in [0.3, 0.4) is 0 Å². The maximum Gasteiger partial charge on any atom is 0.416 e. The Labute approximate surface area is 299 Å². The molecule has 1 N–H and O–H groups in total. The second kappa shape index (κ2) is 24.2. The lowest BCUT2D eigenvalue weighted by molar-refractivity contribution is -0.128. The minimum Gasteiger partial charge on any atom is -0.447 e. The molecule has 3 rings (SSSR count). The minimum atomic E-state index is -0.802. The van der Waals surface area contributed by atoms with E-state index >= 15 is 0 Å². The summed E-state index contributed by atoms with van der Waals surface area (Å²) < 4.78 is 11.0. The zero-order valence-electron chi connectivity index (χ0n) is 30.5. The Balaban J connectivity index is 1.30. The number of carbonyl (C=O) groups is 4. The lowest BCUT2D eigenvalue weighted by Crippen LogP contribution is -2.62. The lowest BCUT2D eigenvalue weighted by Gasteiger charge is -2.47. The fourth-order valence-electron chi connectivity index (χ4n) is 6.35. The Morgan fingerprint density at radius 3 is 1.82 bits per heavy atom. The third-order valence-corrected chi connectivity index (χ3v) is 9.34. The van der Waals surface area contributed by atoms with Gasteiger partial charge in [0.25, 0.3) is 5.91 Å². The Morgan fingerprint density at radius 1 is 0.740 bits per heavy atom. The smallest absolute Gasteiger partial charge is 0.416 e. The number of pyridine rings is 1. The molecule has 0 bridgehead atoms. The van der Waals surface area contributed by atoms with Crippen LogP contribution in [0.25, 0.3) is 0 Å². The van der Waals surface area contributed by atoms with Gasteiger partial charge in [0.2, 0.25) is 5.91 Å². The number of carbonyl (C=O) groups excluding carboxylic acids is 4. The largest absolute Gasteiger partial charge is 0.447 e. The molecular formula is C40H60N4O6. The number of unbranched alkanes of at least 4 members (excludes halogenated alkanes) is 15. The van der Waals surface area contributed by atoms with E-state index in [0.717, 1.165) is 17.7 Å². The highest BCUT2D eigenvalue weighted by Gasteiger charge is 2.43. The molecule has 0 aliphatic carbocycles. The van der Waals surface area contributed by atoms with E-state index in [4.69, 9.17) is 9.47 Å². The summed E-state index contributed by atoms with van der Waals surface area (Å²) in [7, 11) is 0. The number of alkyl carbamates (subject to hydrolysis) is 1. The lowest BCUT2D eigenvalue weighted by atomic mass is 9.92. The Morgan fingerprint density at radius 2 is 1.28 bits per heavy atom. The second-order valence-electron chi connectivity index (χ2n) is 13.5. The van der Waals surface area contributed by atoms with Gasteiger partial charge < -0.3 is 19.7 Å². The third kappa shape index (κ3) is 15.3. The second-order valence-corrected chi connectivity index (χ2v) is 13.5. The molecule has 0 radical (unpaired) electrons. The van der Waals surface area contributed by atoms with Gasteiger partial charge >= 0.3 is 12.2 Å². The van der Waals surface area contributed by atoms with Crippen LogP contribution in [0, 0.1) is 0 Å². The van der Waals surface area contributed by atoms with E-state index in [1.165, 1.54) is 96.8 Å². The number of aromatic nitrogens is 1. The van der Waals surface area contributed by atoms with E-state index in [1.54, 1.807) is 53.6 Å². The summed E-state index contributed by atoms with van der Waals surface area (Å²) in [5, 5.41) is 2.83. The first-order valence-corrected chi connectivity index (χ1v) is 19.0. The molecule has 1 fully saturated rings. The van der Waals surface area contributed by atoms with Crippen LogP contribution in [0.2, 0.25) is 0 Å². The van der Waals surface area contributed by atoms with Gasteiger partial charge in [-0.1, -0.05) is 128 Å². The molecule has 10 heteroatoms. The predicted molar refractivity (Wildman–Crippen MR) is 196 cm³/mol. The molecule has 10 nitrogen and oxygen atoms in total. The van der Waals surface area contributed by atoms with Gasteiger partial charge in [-0.3, -0.25) is 14.6 Å². The topological polar surface area (TPSA) is 118 Å². The van der Waals surface area contributed by atoms with Crippen LogP contribution in [-0.2, 0) is 20.8 Å². The molecule has 1 aliphatic heterocycles. The Kier molecular flexibility index (Phi) is 19.6. The highest BCUT2D eigenvalue weighted by Crippen LogP contribution is 2.29. The first kappa shape index (κ1) is 40.5. The van der Waals surface area contributed by atoms with Gasteiger partial charge in [-0.15, -0.1) is 0 Å². The van der Waals surface area contributed by atoms with E-state index in [-0.39, 0.29) is 31.7 Å². The number of ether oxygens (including phenoxy) is 2. The zero-order valence-corrected chi connectivity index (χ0v) is 30.5. The maximum absolute atomic E-state index is 13.4. The van der Waals surface area contributed by atoms with Crippen molar-refractivity contribution in [2.45, 2.75) is 142 Å². The van der Waals surface area contributed by atoms with E-state index < -0.39 is 24.1 Å². The number of hydrogen-bond donors (Lipinski definition) is 1. The summed E-state index contributed by atoms with van der Waals surface area (Å²) in [4.78, 5) is 57.6. The van der Waals surface area contributed by atoms with Crippen LogP contribution in [-0.4, -0.2) is 70.6 Å². The number of amides is 4.